The van der Waals surface area contributed by atoms with Crippen LogP contribution in [0.4, 0.5) is 0 Å². The number of aliphatic carboxylic acids is 1. The highest BCUT2D eigenvalue weighted by Crippen LogP contribution is 2.54. The van der Waals surface area contributed by atoms with Crippen LogP contribution in [-0.4, -0.2) is 44.6 Å². The van der Waals surface area contributed by atoms with Crippen molar-refractivity contribution in [3.8, 4) is 5.75 Å². The van der Waals surface area contributed by atoms with Crippen molar-refractivity contribution in [2.24, 2.45) is 5.92 Å². The van der Waals surface area contributed by atoms with Crippen LogP contribution in [0.25, 0.3) is 0 Å². The highest BCUT2D eigenvalue weighted by atomic mass is 79.9. The zero-order chi connectivity index (χ0) is 24.9. The summed E-state index contributed by atoms with van der Waals surface area (Å²) in [5.41, 5.74) is 2.73. The van der Waals surface area contributed by atoms with E-state index in [4.69, 9.17) is 4.74 Å². The minimum atomic E-state index is -1.26. The summed E-state index contributed by atoms with van der Waals surface area (Å²) >= 11 is 5.59. The van der Waals surface area contributed by atoms with Gasteiger partial charge < -0.3 is 14.8 Å². The van der Waals surface area contributed by atoms with Crippen LogP contribution in [0.5, 0.6) is 5.75 Å². The van der Waals surface area contributed by atoms with Gasteiger partial charge in [0.25, 0.3) is 0 Å². The lowest BCUT2D eigenvalue weighted by atomic mass is 9.82. The minimum absolute atomic E-state index is 0.285. The lowest BCUT2D eigenvalue weighted by Gasteiger charge is -2.31. The Bertz CT molecular complexity index is 1420. The average Bonchev–Trinajstić information content (AvgIpc) is 3.29. The van der Waals surface area contributed by atoms with Crippen LogP contribution in [-0.2, 0) is 21.0 Å². The number of carbonyl (C=O) groups is 3. The van der Waals surface area contributed by atoms with Gasteiger partial charge in [-0.1, -0.05) is 63.3 Å². The first kappa shape index (κ1) is 23.8. The summed E-state index contributed by atoms with van der Waals surface area (Å²) in [6.45, 7) is 1.59. The van der Waals surface area contributed by atoms with Gasteiger partial charge in [-0.25, -0.2) is 0 Å². The van der Waals surface area contributed by atoms with E-state index in [1.54, 1.807) is 6.07 Å². The Balaban J connectivity index is 1.60. The molecule has 1 fully saturated rings. The molecule has 0 saturated carbocycles. The van der Waals surface area contributed by atoms with Gasteiger partial charge in [0.15, 0.2) is 0 Å². The van der Waals surface area contributed by atoms with Crippen molar-refractivity contribution in [3.05, 3.63) is 78.2 Å². The number of fused-ring (bicyclic) bond motifs is 2. The van der Waals surface area contributed by atoms with Crippen molar-refractivity contribution in [2.75, 3.05) is 6.54 Å². The van der Waals surface area contributed by atoms with Crippen molar-refractivity contribution < 1.29 is 24.2 Å². The molecule has 0 unspecified atom stereocenters. The fourth-order valence-corrected chi connectivity index (χ4v) is 7.43. The van der Waals surface area contributed by atoms with Crippen molar-refractivity contribution in [1.82, 2.24) is 9.88 Å². The van der Waals surface area contributed by atoms with Crippen LogP contribution in [0.1, 0.15) is 27.5 Å². The molecule has 2 aliphatic heterocycles. The second-order valence-corrected chi connectivity index (χ2v) is 11.4. The molecule has 0 aliphatic carbocycles. The van der Waals surface area contributed by atoms with Crippen molar-refractivity contribution in [3.63, 3.8) is 0 Å². The Labute approximate surface area is 216 Å². The molecule has 5 rings (SSSR count). The molecule has 11 heteroatoms. The number of ether oxygens (including phenoxy) is 1. The van der Waals surface area contributed by atoms with E-state index in [9.17, 15) is 24.3 Å². The largest absolute Gasteiger partial charge is 0.489 e. The number of hydrogen-bond acceptors (Lipinski definition) is 7. The summed E-state index contributed by atoms with van der Waals surface area (Å²) in [5.74, 6) is -3.37. The van der Waals surface area contributed by atoms with E-state index in [0.29, 0.717) is 27.8 Å². The van der Waals surface area contributed by atoms with Crippen LogP contribution in [0.3, 0.4) is 0 Å². The number of nitrogens with one attached hydrogen (secondary N) is 1. The van der Waals surface area contributed by atoms with Gasteiger partial charge in [-0.05, 0) is 36.2 Å². The summed E-state index contributed by atoms with van der Waals surface area (Å²) in [4.78, 5) is 54.0. The molecule has 35 heavy (non-hydrogen) atoms. The summed E-state index contributed by atoms with van der Waals surface area (Å²) in [7, 11) is 0. The second kappa shape index (κ2) is 9.29. The van der Waals surface area contributed by atoms with Gasteiger partial charge in [0, 0.05) is 20.8 Å². The third-order valence-electron chi connectivity index (χ3n) is 6.16. The second-order valence-electron chi connectivity index (χ2n) is 8.30. The number of carboxylic acids is 1. The molecule has 3 atom stereocenters. The molecule has 1 saturated heterocycles. The summed E-state index contributed by atoms with van der Waals surface area (Å²) in [6.07, 6.45) is 0. The van der Waals surface area contributed by atoms with Crippen molar-refractivity contribution in [2.45, 2.75) is 29.7 Å². The number of halogens is 1. The Morgan fingerprint density at radius 3 is 2.69 bits per heavy atom. The number of aromatic nitrogens is 1. The van der Waals surface area contributed by atoms with Gasteiger partial charge in [-0.2, -0.15) is 0 Å². The van der Waals surface area contributed by atoms with Gasteiger partial charge >= 0.3 is 10.8 Å². The maximum absolute atomic E-state index is 13.4. The van der Waals surface area contributed by atoms with E-state index < -0.39 is 41.4 Å². The number of hydrogen-bond donors (Lipinski definition) is 2. The predicted molar refractivity (Wildman–Crippen MR) is 134 cm³/mol. The summed E-state index contributed by atoms with van der Waals surface area (Å²) in [6, 6.07) is 13.3. The van der Waals surface area contributed by atoms with Crippen LogP contribution < -0.4 is 9.61 Å². The van der Waals surface area contributed by atoms with Crippen LogP contribution in [0.15, 0.2) is 56.8 Å². The number of carbonyl (C=O) groups excluding carboxylic acids is 2. The number of H-pyrrole nitrogens is 1. The molecule has 2 aromatic carbocycles. The summed E-state index contributed by atoms with van der Waals surface area (Å²) in [5, 5.41) is 8.94. The van der Waals surface area contributed by atoms with Crippen LogP contribution >= 0.6 is 39.0 Å². The summed E-state index contributed by atoms with van der Waals surface area (Å²) < 4.78 is 6.97. The van der Waals surface area contributed by atoms with E-state index in [1.807, 2.05) is 43.3 Å². The number of aryl methyl sites for hydroxylation is 1. The molecular weight excluding hydrogens is 556 g/mol. The fourth-order valence-electron chi connectivity index (χ4n) is 4.52. The van der Waals surface area contributed by atoms with E-state index in [0.717, 1.165) is 43.6 Å². The first-order valence-corrected chi connectivity index (χ1v) is 13.2. The number of aromatic amines is 1. The molecule has 2 N–H and O–H groups in total. The maximum atomic E-state index is 13.4. The van der Waals surface area contributed by atoms with Crippen molar-refractivity contribution >= 4 is 56.8 Å². The Kier molecular flexibility index (Phi) is 6.32. The number of thiazole rings is 1. The highest BCUT2D eigenvalue weighted by Gasteiger charge is 2.56. The molecule has 0 radical (unpaired) electrons. The number of imide groups is 1. The molecular formula is C24H19BrN2O6S2. The Morgan fingerprint density at radius 1 is 1.17 bits per heavy atom. The smallest absolute Gasteiger partial charge is 0.323 e. The van der Waals surface area contributed by atoms with Gasteiger partial charge in [-0.15, -0.1) is 0 Å². The monoisotopic (exact) mass is 574 g/mol. The SMILES string of the molecule is Cc1ccccc1COc1ccc(Br)cc1[C@@H]1c2sc(=O)[nH]c2S[C@@H]2C(=O)N(CC(=O)O)C(=O)[C@H]12. The van der Waals surface area contributed by atoms with Crippen LogP contribution in [0.2, 0.25) is 0 Å². The third-order valence-corrected chi connectivity index (χ3v) is 9.05. The zero-order valence-electron chi connectivity index (χ0n) is 18.3. The predicted octanol–water partition coefficient (Wildman–Crippen LogP) is 3.76. The fraction of sp³-hybridized carbons (Fsp3) is 0.250. The number of benzene rings is 2. The molecule has 180 valence electrons. The number of likely N-dealkylation sites (tertiary alicyclic amines) is 1. The van der Waals surface area contributed by atoms with Gasteiger partial charge in [-0.3, -0.25) is 24.1 Å². The van der Waals surface area contributed by atoms with Gasteiger partial charge in [0.2, 0.25) is 11.8 Å². The number of carboxylic acid groups (broad SMARTS) is 1. The first-order valence-electron chi connectivity index (χ1n) is 10.7. The highest BCUT2D eigenvalue weighted by molar-refractivity contribution is 9.10. The van der Waals surface area contributed by atoms with E-state index in [-0.39, 0.29) is 4.87 Å². The molecule has 1 aromatic heterocycles. The molecule has 0 spiro atoms. The molecule has 2 amide bonds. The van der Waals surface area contributed by atoms with Crippen molar-refractivity contribution in [1.29, 1.82) is 0 Å². The van der Waals surface area contributed by atoms with E-state index in [2.05, 4.69) is 20.9 Å². The minimum Gasteiger partial charge on any atom is -0.489 e. The molecule has 3 aromatic rings. The Hall–Kier alpha value is -2.89. The molecule has 2 aliphatic rings. The molecule has 3 heterocycles. The standard InChI is InChI=1S/C24H19BrN2O6S2/c1-11-4-2-3-5-12(11)10-33-15-7-6-13(25)8-14(15)17-18-20(34-21-19(17)35-24(32)26-21)23(31)27(22(18)30)9-16(28)29/h2-8,17-18,20H,9-10H2,1H3,(H,26,32)(H,28,29)/t17-,18+,20-/m0/s1. The van der Waals surface area contributed by atoms with Gasteiger partial charge in [0.05, 0.1) is 10.9 Å². The number of nitrogens with zero attached hydrogens (tertiary/aromatic N) is 1. The molecule has 8 nitrogen and oxygen atoms in total. The molecule has 0 bridgehead atoms. The zero-order valence-corrected chi connectivity index (χ0v) is 21.5. The van der Waals surface area contributed by atoms with Gasteiger partial charge in [0.1, 0.15) is 24.2 Å². The van der Waals surface area contributed by atoms with E-state index >= 15 is 0 Å². The quantitative estimate of drug-likeness (QED) is 0.430. The topological polar surface area (TPSA) is 117 Å². The maximum Gasteiger partial charge on any atom is 0.323 e. The van der Waals surface area contributed by atoms with E-state index in [1.165, 1.54) is 0 Å². The number of thioether (sulfide) groups is 1. The number of rotatable bonds is 6. The average molecular weight is 575 g/mol. The van der Waals surface area contributed by atoms with Crippen LogP contribution in [0, 0.1) is 12.8 Å². The number of amides is 2. The Morgan fingerprint density at radius 2 is 1.94 bits per heavy atom. The normalized spacial score (nSPS) is 21.1. The third kappa shape index (κ3) is 4.32. The lowest BCUT2D eigenvalue weighted by Crippen LogP contribution is -2.36. The first-order chi connectivity index (χ1) is 16.7. The lowest BCUT2D eigenvalue weighted by molar-refractivity contribution is -0.149.